The van der Waals surface area contributed by atoms with Gasteiger partial charge in [0.05, 0.1) is 16.7 Å². The molecule has 0 spiro atoms. The Morgan fingerprint density at radius 2 is 2.00 bits per heavy atom. The molecule has 0 radical (unpaired) electrons. The highest BCUT2D eigenvalue weighted by atomic mass is 35.5. The number of H-pyrrole nitrogens is 1. The van der Waals surface area contributed by atoms with E-state index in [1.807, 2.05) is 53.9 Å². The van der Waals surface area contributed by atoms with E-state index in [9.17, 15) is 14.4 Å². The van der Waals surface area contributed by atoms with Crippen LogP contribution in [0.1, 0.15) is 32.7 Å². The molecular formula is C30H23ClN6O3. The first-order chi connectivity index (χ1) is 19.4. The van der Waals surface area contributed by atoms with Gasteiger partial charge in [0.15, 0.2) is 0 Å². The van der Waals surface area contributed by atoms with Gasteiger partial charge in [-0.2, -0.15) is 0 Å². The predicted octanol–water partition coefficient (Wildman–Crippen LogP) is 4.03. The SMILES string of the molecule is Cc1ccc(C(=O)NCN2C(=O)NC(Cc3c[nH]c4c(Cl)cccc34)C2=O)cc1C#Cc1cnc2ccccn12. The van der Waals surface area contributed by atoms with Gasteiger partial charge in [-0.25, -0.2) is 14.7 Å². The highest BCUT2D eigenvalue weighted by molar-refractivity contribution is 6.35. The van der Waals surface area contributed by atoms with Gasteiger partial charge < -0.3 is 15.6 Å². The maximum Gasteiger partial charge on any atom is 0.326 e. The standard InChI is InChI=1S/C30H23ClN6O3/c1-18-8-9-20(13-19(18)10-11-22-16-32-26-7-2-3-12-36(22)26)28(38)34-17-37-29(39)25(35-30(37)40)14-21-15-33-27-23(21)5-4-6-24(27)31/h2-9,12-13,15-16,25,33H,14,17H2,1H3,(H,34,38)(H,35,40). The lowest BCUT2D eigenvalue weighted by atomic mass is 10.0. The van der Waals surface area contributed by atoms with Crippen LogP contribution in [0.4, 0.5) is 4.79 Å². The van der Waals surface area contributed by atoms with Crippen LogP contribution >= 0.6 is 11.6 Å². The van der Waals surface area contributed by atoms with Crippen molar-refractivity contribution in [3.63, 3.8) is 0 Å². The largest absolute Gasteiger partial charge is 0.360 e. The molecule has 4 heterocycles. The lowest BCUT2D eigenvalue weighted by Gasteiger charge is -2.14. The lowest BCUT2D eigenvalue weighted by molar-refractivity contribution is -0.127. The van der Waals surface area contributed by atoms with Gasteiger partial charge in [0, 0.05) is 35.3 Å². The summed E-state index contributed by atoms with van der Waals surface area (Å²) < 4.78 is 1.89. The fourth-order valence-electron chi connectivity index (χ4n) is 4.74. The Morgan fingerprint density at radius 3 is 2.88 bits per heavy atom. The smallest absolute Gasteiger partial charge is 0.326 e. The molecular weight excluding hydrogens is 528 g/mol. The van der Waals surface area contributed by atoms with Crippen LogP contribution < -0.4 is 10.6 Å². The monoisotopic (exact) mass is 550 g/mol. The first-order valence-corrected chi connectivity index (χ1v) is 13.0. The number of nitrogens with zero attached hydrogens (tertiary/aromatic N) is 3. The minimum atomic E-state index is -0.747. The molecule has 6 rings (SSSR count). The summed E-state index contributed by atoms with van der Waals surface area (Å²) >= 11 is 6.24. The van der Waals surface area contributed by atoms with Gasteiger partial charge >= 0.3 is 6.03 Å². The van der Waals surface area contributed by atoms with E-state index >= 15 is 0 Å². The van der Waals surface area contributed by atoms with E-state index in [0.717, 1.165) is 38.3 Å². The molecule has 1 saturated heterocycles. The number of para-hydroxylation sites is 1. The van der Waals surface area contributed by atoms with Crippen LogP contribution in [-0.4, -0.2) is 49.8 Å². The lowest BCUT2D eigenvalue weighted by Crippen LogP contribution is -2.42. The molecule has 40 heavy (non-hydrogen) atoms. The van der Waals surface area contributed by atoms with Crippen LogP contribution in [0.5, 0.6) is 0 Å². The molecule has 4 amide bonds. The third-order valence-corrected chi connectivity index (χ3v) is 7.24. The van der Waals surface area contributed by atoms with Crippen molar-refractivity contribution >= 4 is 46.0 Å². The van der Waals surface area contributed by atoms with Crippen LogP contribution in [-0.2, 0) is 11.2 Å². The van der Waals surface area contributed by atoms with Crippen LogP contribution in [0.15, 0.2) is 73.2 Å². The zero-order chi connectivity index (χ0) is 27.8. The molecule has 1 fully saturated rings. The van der Waals surface area contributed by atoms with E-state index in [1.165, 1.54) is 0 Å². The Kier molecular flexibility index (Phi) is 6.46. The van der Waals surface area contributed by atoms with Crippen LogP contribution in [0.3, 0.4) is 0 Å². The van der Waals surface area contributed by atoms with Gasteiger partial charge in [-0.05, 0) is 54.3 Å². The highest BCUT2D eigenvalue weighted by Crippen LogP contribution is 2.26. The Hall–Kier alpha value is -5.07. The number of fused-ring (bicyclic) bond motifs is 2. The maximum absolute atomic E-state index is 13.0. The number of carbonyl (C=O) groups is 3. The number of aromatic nitrogens is 3. The van der Waals surface area contributed by atoms with Gasteiger partial charge in [0.2, 0.25) is 0 Å². The minimum Gasteiger partial charge on any atom is -0.360 e. The first-order valence-electron chi connectivity index (χ1n) is 12.6. The first kappa shape index (κ1) is 25.2. The summed E-state index contributed by atoms with van der Waals surface area (Å²) in [5.41, 5.74) is 5.13. The van der Waals surface area contributed by atoms with Crippen molar-refractivity contribution in [2.24, 2.45) is 0 Å². The molecule has 1 unspecified atom stereocenters. The number of pyridine rings is 1. The molecule has 3 N–H and O–H groups in total. The number of benzene rings is 2. The third-order valence-electron chi connectivity index (χ3n) is 6.92. The van der Waals surface area contributed by atoms with Gasteiger partial charge in [-0.15, -0.1) is 0 Å². The Bertz CT molecular complexity index is 1880. The highest BCUT2D eigenvalue weighted by Gasteiger charge is 2.38. The summed E-state index contributed by atoms with van der Waals surface area (Å²) in [5, 5.41) is 6.86. The number of hydrogen-bond acceptors (Lipinski definition) is 4. The number of nitrogens with one attached hydrogen (secondary N) is 3. The third kappa shape index (κ3) is 4.65. The van der Waals surface area contributed by atoms with Crippen molar-refractivity contribution in [3.05, 3.63) is 106 Å². The van der Waals surface area contributed by atoms with Crippen LogP contribution in [0, 0.1) is 18.8 Å². The molecule has 2 aromatic carbocycles. The quantitative estimate of drug-likeness (QED) is 0.227. The minimum absolute atomic E-state index is 0.254. The van der Waals surface area contributed by atoms with Crippen molar-refractivity contribution in [2.75, 3.05) is 6.67 Å². The molecule has 1 aliphatic heterocycles. The Morgan fingerprint density at radius 1 is 1.12 bits per heavy atom. The molecule has 3 aromatic heterocycles. The maximum atomic E-state index is 13.0. The van der Waals surface area contributed by atoms with Crippen molar-refractivity contribution in [1.82, 2.24) is 29.9 Å². The zero-order valence-corrected chi connectivity index (χ0v) is 22.1. The number of carbonyl (C=O) groups excluding carboxylic acids is 3. The van der Waals surface area contributed by atoms with E-state index in [2.05, 4.69) is 32.4 Å². The zero-order valence-electron chi connectivity index (χ0n) is 21.4. The van der Waals surface area contributed by atoms with Crippen molar-refractivity contribution in [3.8, 4) is 11.8 Å². The summed E-state index contributed by atoms with van der Waals surface area (Å²) in [5.74, 6) is 5.41. The molecule has 5 aromatic rings. The van der Waals surface area contributed by atoms with Crippen molar-refractivity contribution in [2.45, 2.75) is 19.4 Å². The van der Waals surface area contributed by atoms with E-state index in [-0.39, 0.29) is 6.67 Å². The Balaban J connectivity index is 1.13. The van der Waals surface area contributed by atoms with E-state index in [1.54, 1.807) is 30.6 Å². The summed E-state index contributed by atoms with van der Waals surface area (Å²) in [6.45, 7) is 1.66. The molecule has 10 heteroatoms. The number of hydrogen-bond donors (Lipinski definition) is 3. The van der Waals surface area contributed by atoms with Crippen molar-refractivity contribution < 1.29 is 14.4 Å². The van der Waals surface area contributed by atoms with Crippen molar-refractivity contribution in [1.29, 1.82) is 0 Å². The van der Waals surface area contributed by atoms with Gasteiger partial charge in [-0.1, -0.05) is 41.8 Å². The van der Waals surface area contributed by atoms with Crippen LogP contribution in [0.2, 0.25) is 5.02 Å². The fourth-order valence-corrected chi connectivity index (χ4v) is 4.97. The van der Waals surface area contributed by atoms with Gasteiger partial charge in [0.25, 0.3) is 11.8 Å². The number of urea groups is 1. The predicted molar refractivity (Wildman–Crippen MR) is 151 cm³/mol. The number of amides is 4. The van der Waals surface area contributed by atoms with Gasteiger partial charge in [-0.3, -0.25) is 14.0 Å². The number of aromatic amines is 1. The molecule has 0 aliphatic carbocycles. The van der Waals surface area contributed by atoms with Gasteiger partial charge in [0.1, 0.15) is 24.1 Å². The second-order valence-electron chi connectivity index (χ2n) is 9.46. The second-order valence-corrected chi connectivity index (χ2v) is 9.87. The van der Waals surface area contributed by atoms with E-state index < -0.39 is 23.9 Å². The molecule has 0 bridgehead atoms. The number of imidazole rings is 1. The number of imide groups is 1. The normalized spacial score (nSPS) is 14.8. The summed E-state index contributed by atoms with van der Waals surface area (Å²) in [7, 11) is 0. The summed E-state index contributed by atoms with van der Waals surface area (Å²) in [6, 6.07) is 15.1. The summed E-state index contributed by atoms with van der Waals surface area (Å²) in [6.07, 6.45) is 5.67. The average molecular weight is 551 g/mol. The van der Waals surface area contributed by atoms with E-state index in [4.69, 9.17) is 11.6 Å². The molecule has 0 saturated carbocycles. The Labute approximate surface area is 234 Å². The number of halogens is 1. The second kappa shape index (κ2) is 10.2. The molecule has 1 aliphatic rings. The molecule has 9 nitrogen and oxygen atoms in total. The average Bonchev–Trinajstić information content (AvgIpc) is 3.63. The van der Waals surface area contributed by atoms with E-state index in [0.29, 0.717) is 22.6 Å². The summed E-state index contributed by atoms with van der Waals surface area (Å²) in [4.78, 5) is 47.0. The van der Waals surface area contributed by atoms with Crippen LogP contribution in [0.25, 0.3) is 16.6 Å². The molecule has 198 valence electrons. The number of rotatable bonds is 5. The fraction of sp³-hybridized carbons (Fsp3) is 0.133. The number of aryl methyl sites for hydroxylation is 1. The topological polar surface area (TPSA) is 112 Å². The molecule has 1 atom stereocenters.